The van der Waals surface area contributed by atoms with Crippen LogP contribution >= 0.6 is 0 Å². The van der Waals surface area contributed by atoms with Crippen molar-refractivity contribution in [3.8, 4) is 0 Å². The molecule has 1 saturated heterocycles. The zero-order valence-corrected chi connectivity index (χ0v) is 17.5. The molecule has 0 aromatic carbocycles. The van der Waals surface area contributed by atoms with Crippen molar-refractivity contribution in [2.45, 2.75) is 64.6 Å². The number of ether oxygens (including phenoxy) is 4. The Labute approximate surface area is 174 Å². The highest BCUT2D eigenvalue weighted by atomic mass is 16.6. The molecule has 164 valence electrons. The quantitative estimate of drug-likeness (QED) is 0.305. The molecular weight excluding hydrogens is 396 g/mol. The zero-order valence-electron chi connectivity index (χ0n) is 17.5. The Balaban J connectivity index is 2.21. The van der Waals surface area contributed by atoms with Crippen molar-refractivity contribution in [3.63, 3.8) is 0 Å². The van der Waals surface area contributed by atoms with Gasteiger partial charge in [0.25, 0.3) is 0 Å². The van der Waals surface area contributed by atoms with E-state index in [1.807, 2.05) is 0 Å². The zero-order chi connectivity index (χ0) is 22.5. The molecule has 9 heteroatoms. The molecule has 2 aliphatic carbocycles. The molecule has 0 radical (unpaired) electrons. The number of esters is 4. The predicted octanol–water partition coefficient (Wildman–Crippen LogP) is 0.836. The lowest BCUT2D eigenvalue weighted by Gasteiger charge is -2.42. The fourth-order valence-electron chi connectivity index (χ4n) is 5.11. The van der Waals surface area contributed by atoms with E-state index in [-0.39, 0.29) is 5.57 Å². The van der Waals surface area contributed by atoms with E-state index in [9.17, 15) is 24.3 Å². The van der Waals surface area contributed by atoms with Gasteiger partial charge >= 0.3 is 23.9 Å². The summed E-state index contributed by atoms with van der Waals surface area (Å²) in [5, 5.41) is 11.7. The standard InChI is InChI=1S/C21H26O9/c1-8-7-13(27-10(3)22)16-14(8)17-15(9(2)20(25)30-17)18(28-11(4)23)19(21(16,6)26)29-12(5)24/h7,13-19,26H,2H2,1,3-6H3/t13-,14+,15+,16-,17-,18-,19-,21+/m1/s1. The number of carbonyl (C=O) groups is 4. The number of hydrogen-bond acceptors (Lipinski definition) is 9. The molecule has 3 aliphatic rings. The van der Waals surface area contributed by atoms with Crippen molar-refractivity contribution < 1.29 is 43.2 Å². The van der Waals surface area contributed by atoms with Crippen molar-refractivity contribution in [3.05, 3.63) is 23.8 Å². The third-order valence-electron chi connectivity index (χ3n) is 6.11. The molecule has 2 fully saturated rings. The molecule has 1 N–H and O–H groups in total. The Hall–Kier alpha value is -2.68. The largest absolute Gasteiger partial charge is 0.458 e. The number of rotatable bonds is 3. The molecule has 0 aromatic rings. The molecule has 30 heavy (non-hydrogen) atoms. The van der Waals surface area contributed by atoms with E-state index in [1.54, 1.807) is 13.0 Å². The van der Waals surface area contributed by atoms with Crippen LogP contribution in [0.15, 0.2) is 23.8 Å². The summed E-state index contributed by atoms with van der Waals surface area (Å²) in [6.07, 6.45) is -2.59. The number of fused-ring (bicyclic) bond motifs is 3. The van der Waals surface area contributed by atoms with Gasteiger partial charge in [0.1, 0.15) is 17.8 Å². The number of carbonyl (C=O) groups excluding carboxylic acids is 4. The van der Waals surface area contributed by atoms with Crippen LogP contribution in [-0.4, -0.2) is 59.0 Å². The third-order valence-corrected chi connectivity index (χ3v) is 6.11. The Morgan fingerprint density at radius 1 is 1.07 bits per heavy atom. The molecule has 1 saturated carbocycles. The average molecular weight is 422 g/mol. The molecule has 8 atom stereocenters. The second-order valence-electron chi connectivity index (χ2n) is 8.29. The molecule has 0 spiro atoms. The van der Waals surface area contributed by atoms with Crippen LogP contribution in [-0.2, 0) is 38.1 Å². The predicted molar refractivity (Wildman–Crippen MR) is 101 cm³/mol. The van der Waals surface area contributed by atoms with Crippen molar-refractivity contribution >= 4 is 23.9 Å². The minimum atomic E-state index is -1.80. The molecule has 9 nitrogen and oxygen atoms in total. The van der Waals surface area contributed by atoms with Crippen LogP contribution in [0.2, 0.25) is 0 Å². The van der Waals surface area contributed by atoms with Gasteiger partial charge in [-0.05, 0) is 19.9 Å². The van der Waals surface area contributed by atoms with E-state index in [0.29, 0.717) is 0 Å². The second-order valence-corrected chi connectivity index (χ2v) is 8.29. The maximum absolute atomic E-state index is 12.4. The fraction of sp³-hybridized carbons (Fsp3) is 0.619. The lowest BCUT2D eigenvalue weighted by atomic mass is 9.74. The number of hydrogen-bond donors (Lipinski definition) is 1. The Bertz CT molecular complexity index is 839. The van der Waals surface area contributed by atoms with Gasteiger partial charge in [-0.2, -0.15) is 0 Å². The first kappa shape index (κ1) is 22.0. The molecule has 0 amide bonds. The minimum Gasteiger partial charge on any atom is -0.458 e. The summed E-state index contributed by atoms with van der Waals surface area (Å²) in [5.74, 6) is -4.87. The van der Waals surface area contributed by atoms with Gasteiger partial charge in [0.05, 0.1) is 5.92 Å². The van der Waals surface area contributed by atoms with E-state index in [4.69, 9.17) is 18.9 Å². The lowest BCUT2D eigenvalue weighted by Crippen LogP contribution is -2.57. The van der Waals surface area contributed by atoms with Gasteiger partial charge < -0.3 is 24.1 Å². The van der Waals surface area contributed by atoms with Gasteiger partial charge in [0.2, 0.25) is 0 Å². The van der Waals surface area contributed by atoms with Crippen LogP contribution in [0.3, 0.4) is 0 Å². The first-order chi connectivity index (χ1) is 13.9. The molecular formula is C21H26O9. The first-order valence-electron chi connectivity index (χ1n) is 9.68. The van der Waals surface area contributed by atoms with E-state index in [0.717, 1.165) is 12.5 Å². The summed E-state index contributed by atoms with van der Waals surface area (Å²) in [5.41, 5.74) is -1.01. The second kappa shape index (κ2) is 7.54. The molecule has 1 aliphatic heterocycles. The van der Waals surface area contributed by atoms with Crippen LogP contribution in [0.1, 0.15) is 34.6 Å². The Morgan fingerprint density at radius 2 is 1.63 bits per heavy atom. The lowest BCUT2D eigenvalue weighted by molar-refractivity contribution is -0.203. The van der Waals surface area contributed by atoms with Crippen molar-refractivity contribution in [1.82, 2.24) is 0 Å². The van der Waals surface area contributed by atoms with E-state index < -0.39 is 71.6 Å². The first-order valence-corrected chi connectivity index (χ1v) is 9.68. The van der Waals surface area contributed by atoms with E-state index in [1.165, 1.54) is 20.8 Å². The third kappa shape index (κ3) is 3.51. The Kier molecular flexibility index (Phi) is 5.53. The summed E-state index contributed by atoms with van der Waals surface area (Å²) >= 11 is 0. The molecule has 1 heterocycles. The maximum atomic E-state index is 12.4. The van der Waals surface area contributed by atoms with Gasteiger partial charge in [-0.3, -0.25) is 14.4 Å². The van der Waals surface area contributed by atoms with Crippen LogP contribution in [0.5, 0.6) is 0 Å². The summed E-state index contributed by atoms with van der Waals surface area (Å²) < 4.78 is 21.9. The fourth-order valence-corrected chi connectivity index (χ4v) is 5.11. The van der Waals surface area contributed by atoms with Crippen molar-refractivity contribution in [1.29, 1.82) is 0 Å². The van der Waals surface area contributed by atoms with Crippen LogP contribution in [0.25, 0.3) is 0 Å². The average Bonchev–Trinajstić information content (AvgIpc) is 3.04. The highest BCUT2D eigenvalue weighted by Crippen LogP contribution is 2.54. The van der Waals surface area contributed by atoms with Gasteiger partial charge in [-0.25, -0.2) is 4.79 Å². The van der Waals surface area contributed by atoms with Gasteiger partial charge in [-0.1, -0.05) is 12.2 Å². The highest BCUT2D eigenvalue weighted by Gasteiger charge is 2.66. The summed E-state index contributed by atoms with van der Waals surface area (Å²) in [6, 6.07) is 0. The SMILES string of the molecule is C=C1C(=O)O[C@H]2[C@H]1[C@@H](OC(C)=O)[C@@H](OC(C)=O)[C@@](C)(O)[C@H]1[C@@H]2C(C)=C[C@H]1OC(C)=O. The van der Waals surface area contributed by atoms with Gasteiger partial charge in [-0.15, -0.1) is 0 Å². The van der Waals surface area contributed by atoms with Crippen LogP contribution in [0, 0.1) is 17.8 Å². The molecule has 0 bridgehead atoms. The summed E-state index contributed by atoms with van der Waals surface area (Å²) in [4.78, 5) is 47.9. The van der Waals surface area contributed by atoms with E-state index in [2.05, 4.69) is 6.58 Å². The summed E-state index contributed by atoms with van der Waals surface area (Å²) in [7, 11) is 0. The van der Waals surface area contributed by atoms with E-state index >= 15 is 0 Å². The summed E-state index contributed by atoms with van der Waals surface area (Å²) in [6.45, 7) is 10.6. The molecule has 0 unspecified atom stereocenters. The molecule has 0 aromatic heterocycles. The number of aliphatic hydroxyl groups is 1. The van der Waals surface area contributed by atoms with Gasteiger partial charge in [0.15, 0.2) is 12.2 Å². The van der Waals surface area contributed by atoms with Crippen LogP contribution < -0.4 is 0 Å². The smallest absolute Gasteiger partial charge is 0.334 e. The van der Waals surface area contributed by atoms with Crippen LogP contribution in [0.4, 0.5) is 0 Å². The van der Waals surface area contributed by atoms with Crippen molar-refractivity contribution in [2.24, 2.45) is 17.8 Å². The monoisotopic (exact) mass is 422 g/mol. The maximum Gasteiger partial charge on any atom is 0.334 e. The molecule has 3 rings (SSSR count). The topological polar surface area (TPSA) is 125 Å². The highest BCUT2D eigenvalue weighted by molar-refractivity contribution is 5.91. The Morgan fingerprint density at radius 3 is 2.17 bits per heavy atom. The van der Waals surface area contributed by atoms with Crippen molar-refractivity contribution in [2.75, 3.05) is 0 Å². The normalized spacial score (nSPS) is 39.8. The minimum absolute atomic E-state index is 0.0589. The van der Waals surface area contributed by atoms with Gasteiger partial charge in [0, 0.05) is 38.2 Å².